The average molecular weight is 302 g/mol. The minimum absolute atomic E-state index is 0.272. The second-order valence-electron chi connectivity index (χ2n) is 6.43. The Kier molecular flexibility index (Phi) is 14.7. The Morgan fingerprint density at radius 2 is 0.952 bits per heavy atom. The predicted octanol–water partition coefficient (Wildman–Crippen LogP) is 4.18. The third-order valence-electron chi connectivity index (χ3n) is 4.28. The van der Waals surface area contributed by atoms with Gasteiger partial charge in [0.15, 0.2) is 0 Å². The van der Waals surface area contributed by atoms with E-state index in [1.807, 2.05) is 6.92 Å². The number of aliphatic hydroxyl groups is 3. The van der Waals surface area contributed by atoms with Crippen LogP contribution in [0.25, 0.3) is 0 Å². The second-order valence-corrected chi connectivity index (χ2v) is 6.43. The Bertz CT molecular complexity index is 209. The summed E-state index contributed by atoms with van der Waals surface area (Å²) in [5.74, 6) is 0. The number of rotatable bonds is 15. The van der Waals surface area contributed by atoms with E-state index in [2.05, 4.69) is 6.92 Å². The van der Waals surface area contributed by atoms with E-state index < -0.39 is 0 Å². The first-order valence-electron chi connectivity index (χ1n) is 9.14. The van der Waals surface area contributed by atoms with Crippen molar-refractivity contribution in [2.45, 2.75) is 116 Å². The van der Waals surface area contributed by atoms with Crippen LogP contribution in [0.15, 0.2) is 0 Å². The fraction of sp³-hybridized carbons (Fsp3) is 1.00. The van der Waals surface area contributed by atoms with E-state index in [1.54, 1.807) is 0 Å². The lowest BCUT2D eigenvalue weighted by Gasteiger charge is -2.15. The molecule has 0 aliphatic carbocycles. The fourth-order valence-corrected chi connectivity index (χ4v) is 2.60. The van der Waals surface area contributed by atoms with Crippen LogP contribution in [0, 0.1) is 0 Å². The molecule has 0 aromatic rings. The van der Waals surface area contributed by atoms with Crippen molar-refractivity contribution in [3.63, 3.8) is 0 Å². The van der Waals surface area contributed by atoms with Gasteiger partial charge in [-0.2, -0.15) is 0 Å². The smallest absolute Gasteiger partial charge is 0.0542 e. The molecule has 0 heterocycles. The minimum Gasteiger partial charge on any atom is -0.393 e. The molecule has 0 rings (SSSR count). The molecule has 3 heteroatoms. The van der Waals surface area contributed by atoms with Crippen LogP contribution < -0.4 is 0 Å². The van der Waals surface area contributed by atoms with Gasteiger partial charge in [0, 0.05) is 0 Å². The van der Waals surface area contributed by atoms with Crippen molar-refractivity contribution in [3.05, 3.63) is 0 Å². The Morgan fingerprint density at radius 3 is 1.48 bits per heavy atom. The van der Waals surface area contributed by atoms with E-state index in [4.69, 9.17) is 0 Å². The first kappa shape index (κ1) is 20.9. The van der Waals surface area contributed by atoms with Crippen molar-refractivity contribution in [3.8, 4) is 0 Å². The van der Waals surface area contributed by atoms with E-state index >= 15 is 0 Å². The summed E-state index contributed by atoms with van der Waals surface area (Å²) in [7, 11) is 0. The van der Waals surface area contributed by atoms with Gasteiger partial charge >= 0.3 is 0 Å². The van der Waals surface area contributed by atoms with Crippen LogP contribution >= 0.6 is 0 Å². The summed E-state index contributed by atoms with van der Waals surface area (Å²) in [6, 6.07) is 0. The number of hydrogen-bond acceptors (Lipinski definition) is 3. The van der Waals surface area contributed by atoms with Gasteiger partial charge in [-0.05, 0) is 38.5 Å². The lowest BCUT2D eigenvalue weighted by molar-refractivity contribution is 0.0843. The summed E-state index contributed by atoms with van der Waals surface area (Å²) in [6.45, 7) is 4.18. The fourth-order valence-electron chi connectivity index (χ4n) is 2.60. The maximum Gasteiger partial charge on any atom is 0.0542 e. The highest BCUT2D eigenvalue weighted by Gasteiger charge is 2.11. The Labute approximate surface area is 131 Å². The molecule has 0 aromatic carbocycles. The third-order valence-corrected chi connectivity index (χ3v) is 4.28. The molecule has 0 aromatic heterocycles. The van der Waals surface area contributed by atoms with Gasteiger partial charge in [0.1, 0.15) is 0 Å². The van der Waals surface area contributed by atoms with Gasteiger partial charge in [0.25, 0.3) is 0 Å². The van der Waals surface area contributed by atoms with Gasteiger partial charge in [-0.25, -0.2) is 0 Å². The van der Waals surface area contributed by atoms with Crippen LogP contribution in [0.1, 0.15) is 97.3 Å². The van der Waals surface area contributed by atoms with Crippen molar-refractivity contribution >= 4 is 0 Å². The highest BCUT2D eigenvalue weighted by atomic mass is 16.3. The van der Waals surface area contributed by atoms with Gasteiger partial charge < -0.3 is 15.3 Å². The molecular weight excluding hydrogens is 264 g/mol. The zero-order chi connectivity index (χ0) is 15.9. The Hall–Kier alpha value is -0.120. The minimum atomic E-state index is -0.380. The maximum atomic E-state index is 9.90. The predicted molar refractivity (Wildman–Crippen MR) is 89.4 cm³/mol. The third kappa shape index (κ3) is 14.6. The maximum absolute atomic E-state index is 9.90. The summed E-state index contributed by atoms with van der Waals surface area (Å²) in [5.41, 5.74) is 0. The molecule has 0 aliphatic rings. The van der Waals surface area contributed by atoms with E-state index in [0.717, 1.165) is 19.3 Å². The van der Waals surface area contributed by atoms with E-state index in [9.17, 15) is 15.3 Å². The van der Waals surface area contributed by atoms with Crippen LogP contribution in [0.2, 0.25) is 0 Å². The van der Waals surface area contributed by atoms with Crippen molar-refractivity contribution in [1.29, 1.82) is 0 Å². The molecule has 3 atom stereocenters. The zero-order valence-electron chi connectivity index (χ0n) is 14.3. The molecule has 0 bridgehead atoms. The van der Waals surface area contributed by atoms with Crippen LogP contribution in [0.5, 0.6) is 0 Å². The highest BCUT2D eigenvalue weighted by Crippen LogP contribution is 2.15. The van der Waals surface area contributed by atoms with Gasteiger partial charge in [0.05, 0.1) is 18.3 Å². The lowest BCUT2D eigenvalue weighted by atomic mass is 10.00. The van der Waals surface area contributed by atoms with Crippen LogP contribution in [-0.4, -0.2) is 33.6 Å². The van der Waals surface area contributed by atoms with E-state index in [1.165, 1.54) is 38.5 Å². The summed E-state index contributed by atoms with van der Waals surface area (Å²) < 4.78 is 0. The van der Waals surface area contributed by atoms with Crippen molar-refractivity contribution in [2.24, 2.45) is 0 Å². The summed E-state index contributed by atoms with van der Waals surface area (Å²) >= 11 is 0. The van der Waals surface area contributed by atoms with Gasteiger partial charge in [-0.1, -0.05) is 58.8 Å². The van der Waals surface area contributed by atoms with Gasteiger partial charge in [0.2, 0.25) is 0 Å². The number of unbranched alkanes of at least 4 members (excludes halogenated alkanes) is 6. The quantitative estimate of drug-likeness (QED) is 0.398. The Morgan fingerprint density at radius 1 is 0.524 bits per heavy atom. The molecule has 3 N–H and O–H groups in total. The Balaban J connectivity index is 3.38. The molecule has 128 valence electrons. The summed E-state index contributed by atoms with van der Waals surface area (Å²) in [5, 5.41) is 29.2. The molecule has 0 spiro atoms. The monoisotopic (exact) mass is 302 g/mol. The van der Waals surface area contributed by atoms with Crippen LogP contribution in [0.4, 0.5) is 0 Å². The highest BCUT2D eigenvalue weighted by molar-refractivity contribution is 4.64. The second kappa shape index (κ2) is 14.8. The molecule has 0 saturated carbocycles. The zero-order valence-corrected chi connectivity index (χ0v) is 14.3. The molecular formula is C18H38O3. The van der Waals surface area contributed by atoms with Crippen LogP contribution in [-0.2, 0) is 0 Å². The molecule has 21 heavy (non-hydrogen) atoms. The molecule has 3 nitrogen and oxygen atoms in total. The molecule has 0 saturated heterocycles. The summed E-state index contributed by atoms with van der Waals surface area (Å²) in [6.07, 6.45) is 12.2. The average Bonchev–Trinajstić information content (AvgIpc) is 2.49. The normalized spacial score (nSPS) is 15.9. The topological polar surface area (TPSA) is 60.7 Å². The van der Waals surface area contributed by atoms with E-state index in [-0.39, 0.29) is 18.3 Å². The van der Waals surface area contributed by atoms with Gasteiger partial charge in [-0.3, -0.25) is 0 Å². The number of hydrogen-bond donors (Lipinski definition) is 3. The molecule has 0 fully saturated rings. The first-order valence-corrected chi connectivity index (χ1v) is 9.14. The molecule has 0 aliphatic heterocycles. The van der Waals surface area contributed by atoms with Gasteiger partial charge in [-0.15, -0.1) is 0 Å². The molecule has 3 unspecified atom stereocenters. The molecule has 0 amide bonds. The largest absolute Gasteiger partial charge is 0.393 e. The van der Waals surface area contributed by atoms with Crippen molar-refractivity contribution < 1.29 is 15.3 Å². The van der Waals surface area contributed by atoms with Crippen molar-refractivity contribution in [2.75, 3.05) is 0 Å². The van der Waals surface area contributed by atoms with Crippen molar-refractivity contribution in [1.82, 2.24) is 0 Å². The lowest BCUT2D eigenvalue weighted by Crippen LogP contribution is -2.15. The summed E-state index contributed by atoms with van der Waals surface area (Å²) in [4.78, 5) is 0. The van der Waals surface area contributed by atoms with E-state index in [0.29, 0.717) is 25.7 Å². The molecule has 0 radical (unpaired) electrons. The standard InChI is InChI=1S/C18H38O3/c1-3-5-6-7-8-9-10-11-17(20)14-15-18(21)13-12-16(19)4-2/h16-21H,3-15H2,1-2H3. The van der Waals surface area contributed by atoms with Crippen LogP contribution in [0.3, 0.4) is 0 Å². The first-order chi connectivity index (χ1) is 10.1. The SMILES string of the molecule is CCCCCCCCCC(O)CCC(O)CCC(O)CC. The number of aliphatic hydroxyl groups excluding tert-OH is 3.